The fraction of sp³-hybridized carbons (Fsp3) is 0.0417. The molecule has 9 rings (SSSR count). The molecule has 60 heavy (non-hydrogen) atoms. The van der Waals surface area contributed by atoms with Crippen molar-refractivity contribution in [3.05, 3.63) is 173 Å². The number of aryl methyl sites for hydroxylation is 1. The van der Waals surface area contributed by atoms with Gasteiger partial charge in [-0.2, -0.15) is 5.11 Å². The van der Waals surface area contributed by atoms with E-state index in [-0.39, 0.29) is 41.0 Å². The first-order valence-corrected chi connectivity index (χ1v) is 19.4. The van der Waals surface area contributed by atoms with E-state index < -0.39 is 5.91 Å². The molecule has 1 amide bonds. The zero-order valence-electron chi connectivity index (χ0n) is 32.0. The number of carbonyl (C=O) groups excluding carboxylic acids is 2. The molecule has 0 spiro atoms. The van der Waals surface area contributed by atoms with Crippen LogP contribution in [0.5, 0.6) is 17.2 Å². The standard InChI is InChI=1S/C48H35ClN6O5/c1-27-10-2-8-16-40(27)51-48(59)38-22-28-11-3-5-13-32(28)43(46(38)57)54-52-30-18-20-34-36(24-30)37-25-31(19-21-35(37)45(34)56)53-55-44-33-14-6-4-12-29(33)23-42(47(44)58)60-26-50-41-17-9-7-15-39(41)49/h2-25,50,53,55,57-58H,26H2,1H3,(H,51,59). The molecule has 6 N–H and O–H groups in total. The maximum absolute atomic E-state index is 13.5. The first-order chi connectivity index (χ1) is 29.2. The number of nitrogens with zero attached hydrogens (tertiary/aromatic N) is 2. The largest absolute Gasteiger partial charge is 0.505 e. The van der Waals surface area contributed by atoms with Gasteiger partial charge in [-0.25, -0.2) is 0 Å². The SMILES string of the molecule is Cc1ccccc1NC(=O)c1cc2ccccc2c(N=Nc2ccc3c(c2)-c2cc(NNc4c(O)c(OCNc5ccccc5Cl)cc5ccccc45)ccc2C3=O)c1O. The molecule has 8 aromatic carbocycles. The van der Waals surface area contributed by atoms with Crippen molar-refractivity contribution in [2.45, 2.75) is 6.92 Å². The topological polar surface area (TPSA) is 157 Å². The summed E-state index contributed by atoms with van der Waals surface area (Å²) in [4.78, 5) is 27.0. The van der Waals surface area contributed by atoms with Crippen LogP contribution in [0.4, 0.5) is 34.1 Å². The van der Waals surface area contributed by atoms with E-state index in [1.165, 1.54) is 0 Å². The van der Waals surface area contributed by atoms with E-state index in [1.807, 2.05) is 91.9 Å². The Morgan fingerprint density at radius 3 is 2.12 bits per heavy atom. The number of phenols is 2. The van der Waals surface area contributed by atoms with Gasteiger partial charge in [0.15, 0.2) is 29.8 Å². The quantitative estimate of drug-likeness (QED) is 0.0326. The molecule has 1 aliphatic carbocycles. The number of ether oxygens (including phenoxy) is 1. The van der Waals surface area contributed by atoms with E-state index in [9.17, 15) is 19.8 Å². The lowest BCUT2D eigenvalue weighted by Crippen LogP contribution is -2.13. The number of para-hydroxylation sites is 2. The number of anilines is 4. The maximum Gasteiger partial charge on any atom is 0.259 e. The number of rotatable bonds is 11. The second-order valence-corrected chi connectivity index (χ2v) is 14.6. The molecule has 1 aliphatic rings. The van der Waals surface area contributed by atoms with Crippen LogP contribution in [0.2, 0.25) is 5.02 Å². The Morgan fingerprint density at radius 1 is 0.667 bits per heavy atom. The van der Waals surface area contributed by atoms with E-state index in [1.54, 1.807) is 60.7 Å². The van der Waals surface area contributed by atoms with Crippen LogP contribution in [-0.2, 0) is 0 Å². The summed E-state index contributed by atoms with van der Waals surface area (Å²) in [5.74, 6) is -0.765. The number of phenolic OH excluding ortho intramolecular Hbond substituents is 2. The van der Waals surface area contributed by atoms with Gasteiger partial charge in [-0.3, -0.25) is 15.0 Å². The van der Waals surface area contributed by atoms with Crippen molar-refractivity contribution in [1.82, 2.24) is 0 Å². The number of amides is 1. The molecule has 0 saturated heterocycles. The zero-order valence-corrected chi connectivity index (χ0v) is 32.7. The number of hydrogen-bond acceptors (Lipinski definition) is 10. The summed E-state index contributed by atoms with van der Waals surface area (Å²) in [5, 5.41) is 41.3. The highest BCUT2D eigenvalue weighted by atomic mass is 35.5. The van der Waals surface area contributed by atoms with E-state index in [0.717, 1.165) is 16.3 Å². The monoisotopic (exact) mass is 810 g/mol. The third-order valence-electron chi connectivity index (χ3n) is 10.4. The fourth-order valence-corrected chi connectivity index (χ4v) is 7.49. The molecule has 0 aliphatic heterocycles. The zero-order chi connectivity index (χ0) is 41.3. The Balaban J connectivity index is 0.983. The van der Waals surface area contributed by atoms with E-state index in [4.69, 9.17) is 16.3 Å². The molecule has 0 unspecified atom stereocenters. The van der Waals surface area contributed by atoms with E-state index >= 15 is 0 Å². The van der Waals surface area contributed by atoms with Gasteiger partial charge in [0.2, 0.25) is 0 Å². The molecule has 11 nitrogen and oxygen atoms in total. The normalized spacial score (nSPS) is 11.7. The lowest BCUT2D eigenvalue weighted by molar-refractivity contribution is 0.102. The molecular formula is C48H35ClN6O5. The number of benzene rings is 8. The lowest BCUT2D eigenvalue weighted by Gasteiger charge is -2.18. The Hall–Kier alpha value is -7.89. The highest BCUT2D eigenvalue weighted by Crippen LogP contribution is 2.44. The third kappa shape index (κ3) is 7.14. The van der Waals surface area contributed by atoms with Crippen molar-refractivity contribution in [1.29, 1.82) is 0 Å². The number of fused-ring (bicyclic) bond motifs is 5. The van der Waals surface area contributed by atoms with Gasteiger partial charge in [0.05, 0.1) is 27.6 Å². The smallest absolute Gasteiger partial charge is 0.259 e. The average Bonchev–Trinajstić information content (AvgIpc) is 3.54. The molecular weight excluding hydrogens is 776 g/mol. The maximum atomic E-state index is 13.5. The predicted octanol–water partition coefficient (Wildman–Crippen LogP) is 12.1. The number of aromatic hydroxyl groups is 2. The number of nitrogens with one attached hydrogen (secondary N) is 4. The summed E-state index contributed by atoms with van der Waals surface area (Å²) in [6.07, 6.45) is 0. The molecule has 294 valence electrons. The van der Waals surface area contributed by atoms with Crippen LogP contribution in [0.15, 0.2) is 156 Å². The Labute approximate surface area is 348 Å². The molecule has 0 aromatic heterocycles. The van der Waals surface area contributed by atoms with Crippen LogP contribution in [0.3, 0.4) is 0 Å². The summed E-state index contributed by atoms with van der Waals surface area (Å²) in [5.41, 5.74) is 12.6. The van der Waals surface area contributed by atoms with Crippen molar-refractivity contribution < 1.29 is 24.5 Å². The van der Waals surface area contributed by atoms with Crippen LogP contribution in [-0.4, -0.2) is 28.6 Å². The van der Waals surface area contributed by atoms with Crippen LogP contribution >= 0.6 is 11.6 Å². The summed E-state index contributed by atoms with van der Waals surface area (Å²) in [7, 11) is 0. The first kappa shape index (κ1) is 37.7. The predicted molar refractivity (Wildman–Crippen MR) is 238 cm³/mol. The van der Waals surface area contributed by atoms with Crippen LogP contribution in [0, 0.1) is 6.92 Å². The number of carbonyl (C=O) groups is 2. The molecule has 0 heterocycles. The minimum Gasteiger partial charge on any atom is -0.505 e. The molecule has 8 aromatic rings. The van der Waals surface area contributed by atoms with Gasteiger partial charge in [0, 0.05) is 27.6 Å². The second kappa shape index (κ2) is 15.8. The molecule has 12 heteroatoms. The van der Waals surface area contributed by atoms with Crippen molar-refractivity contribution in [3.8, 4) is 28.4 Å². The van der Waals surface area contributed by atoms with Gasteiger partial charge in [0.1, 0.15) is 11.4 Å². The third-order valence-corrected chi connectivity index (χ3v) is 10.7. The van der Waals surface area contributed by atoms with E-state index in [2.05, 4.69) is 31.7 Å². The molecule has 0 radical (unpaired) electrons. The van der Waals surface area contributed by atoms with Crippen molar-refractivity contribution >= 4 is 79.0 Å². The average molecular weight is 811 g/mol. The van der Waals surface area contributed by atoms with Crippen molar-refractivity contribution in [2.75, 3.05) is 28.2 Å². The van der Waals surface area contributed by atoms with Gasteiger partial charge in [-0.15, -0.1) is 5.11 Å². The first-order valence-electron chi connectivity index (χ1n) is 19.0. The highest BCUT2D eigenvalue weighted by Gasteiger charge is 2.27. The lowest BCUT2D eigenvalue weighted by atomic mass is 10.0. The van der Waals surface area contributed by atoms with Gasteiger partial charge in [-0.05, 0) is 101 Å². The minimum atomic E-state index is -0.484. The number of hydrogen-bond donors (Lipinski definition) is 6. The summed E-state index contributed by atoms with van der Waals surface area (Å²) < 4.78 is 5.96. The Bertz CT molecular complexity index is 3060. The number of hydrazine groups is 1. The molecule has 0 atom stereocenters. The van der Waals surface area contributed by atoms with E-state index in [0.29, 0.717) is 66.5 Å². The summed E-state index contributed by atoms with van der Waals surface area (Å²) in [6, 6.07) is 43.5. The number of halogens is 1. The minimum absolute atomic E-state index is 0.0537. The molecule has 0 saturated carbocycles. The van der Waals surface area contributed by atoms with Gasteiger partial charge in [-0.1, -0.05) is 90.5 Å². The van der Waals surface area contributed by atoms with Gasteiger partial charge in [0.25, 0.3) is 5.91 Å². The molecule has 0 bridgehead atoms. The fourth-order valence-electron chi connectivity index (χ4n) is 7.28. The second-order valence-electron chi connectivity index (χ2n) is 14.1. The van der Waals surface area contributed by atoms with Crippen LogP contribution in [0.25, 0.3) is 32.7 Å². The molecule has 0 fully saturated rings. The highest BCUT2D eigenvalue weighted by molar-refractivity contribution is 6.33. The van der Waals surface area contributed by atoms with Gasteiger partial charge < -0.3 is 31.0 Å². The number of azo groups is 1. The van der Waals surface area contributed by atoms with Crippen molar-refractivity contribution in [2.24, 2.45) is 10.2 Å². The van der Waals surface area contributed by atoms with Gasteiger partial charge >= 0.3 is 0 Å². The summed E-state index contributed by atoms with van der Waals surface area (Å²) >= 11 is 6.28. The Morgan fingerprint density at radius 2 is 1.33 bits per heavy atom. The Kier molecular flexibility index (Phi) is 9.92. The van der Waals surface area contributed by atoms with Crippen LogP contribution < -0.4 is 26.2 Å². The van der Waals surface area contributed by atoms with Crippen molar-refractivity contribution in [3.63, 3.8) is 0 Å². The number of ketones is 1. The van der Waals surface area contributed by atoms with Crippen LogP contribution in [0.1, 0.15) is 31.8 Å². The summed E-state index contributed by atoms with van der Waals surface area (Å²) in [6.45, 7) is 1.94.